The second-order valence-electron chi connectivity index (χ2n) is 23.7. The number of anilines is 3. The van der Waals surface area contributed by atoms with Crippen LogP contribution in [0.2, 0.25) is 0 Å². The molecule has 0 amide bonds. The Bertz CT molecular complexity index is 3780. The Labute approximate surface area is 424 Å². The van der Waals surface area contributed by atoms with Crippen LogP contribution in [0.5, 0.6) is 0 Å². The second kappa shape index (κ2) is 15.0. The van der Waals surface area contributed by atoms with Gasteiger partial charge in [-0.05, 0) is 131 Å². The summed E-state index contributed by atoms with van der Waals surface area (Å²) in [5, 5.41) is 2.76. The molecule has 1 heterocycles. The summed E-state index contributed by atoms with van der Waals surface area (Å²) in [4.78, 5) is 2.57. The van der Waals surface area contributed by atoms with Gasteiger partial charge in [-0.15, -0.1) is 11.3 Å². The first-order chi connectivity index (χ1) is 34.0. The Morgan fingerprint density at radius 3 is 1.59 bits per heavy atom. The lowest BCUT2D eigenvalue weighted by Crippen LogP contribution is -2.28. The summed E-state index contributed by atoms with van der Waals surface area (Å²) in [7, 11) is 0. The molecule has 0 aliphatic heterocycles. The molecule has 348 valence electrons. The quantitative estimate of drug-likeness (QED) is 0.166. The van der Waals surface area contributed by atoms with Crippen molar-refractivity contribution >= 4 is 48.6 Å². The van der Waals surface area contributed by atoms with Gasteiger partial charge in [-0.25, -0.2) is 0 Å². The maximum atomic E-state index is 2.57. The number of hydrogen-bond donors (Lipinski definition) is 0. The Morgan fingerprint density at radius 1 is 0.394 bits per heavy atom. The SMILES string of the molecule is CC(C)(C)c1cc(C(C)(C)C)c2sc3c4c(ccc3c2c1)-c1c(N(c2ccc(C3(c5ccccc5)c5ccccc5-c5ccccc53)cc2)c2ccc3c(c2)C(C)(C)c2ccccc2-3)cccc1C4(C)C. The average Bonchev–Trinajstić information content (AvgIpc) is 4.03. The van der Waals surface area contributed by atoms with Gasteiger partial charge in [0.1, 0.15) is 0 Å². The highest BCUT2D eigenvalue weighted by Crippen LogP contribution is 2.60. The first kappa shape index (κ1) is 44.0. The molecule has 0 spiro atoms. The molecule has 0 bridgehead atoms. The van der Waals surface area contributed by atoms with Gasteiger partial charge in [0, 0.05) is 47.9 Å². The Balaban J connectivity index is 1.05. The molecule has 2 heteroatoms. The van der Waals surface area contributed by atoms with Gasteiger partial charge in [0.15, 0.2) is 0 Å². The van der Waals surface area contributed by atoms with E-state index in [-0.39, 0.29) is 21.7 Å². The highest BCUT2D eigenvalue weighted by Gasteiger charge is 2.46. The Morgan fingerprint density at radius 2 is 0.944 bits per heavy atom. The summed E-state index contributed by atoms with van der Waals surface area (Å²) in [6.45, 7) is 23.9. The smallest absolute Gasteiger partial charge is 0.0713 e. The molecule has 71 heavy (non-hydrogen) atoms. The molecule has 0 saturated heterocycles. The lowest BCUT2D eigenvalue weighted by Gasteiger charge is -2.35. The normalized spacial score (nSPS) is 15.5. The van der Waals surface area contributed by atoms with Gasteiger partial charge in [-0.3, -0.25) is 0 Å². The van der Waals surface area contributed by atoms with E-state index >= 15 is 0 Å². The zero-order chi connectivity index (χ0) is 49.0. The predicted octanol–water partition coefficient (Wildman–Crippen LogP) is 19.1. The van der Waals surface area contributed by atoms with Gasteiger partial charge >= 0.3 is 0 Å². The summed E-state index contributed by atoms with van der Waals surface area (Å²) in [6.07, 6.45) is 0. The molecule has 10 aromatic rings. The van der Waals surface area contributed by atoms with E-state index in [0.29, 0.717) is 0 Å². The molecule has 3 aliphatic carbocycles. The third-order valence-corrected chi connectivity index (χ3v) is 18.1. The van der Waals surface area contributed by atoms with E-state index in [1.165, 1.54) is 121 Å². The zero-order valence-electron chi connectivity index (χ0n) is 42.8. The summed E-state index contributed by atoms with van der Waals surface area (Å²) >= 11 is 2.02. The fraction of sp³-hybridized carbons (Fsp3) is 0.217. The number of nitrogens with zero attached hydrogens (tertiary/aromatic N) is 1. The third-order valence-electron chi connectivity index (χ3n) is 16.8. The zero-order valence-corrected chi connectivity index (χ0v) is 43.6. The Kier molecular flexibility index (Phi) is 9.30. The van der Waals surface area contributed by atoms with E-state index in [2.05, 4.69) is 262 Å². The number of thiophene rings is 1. The van der Waals surface area contributed by atoms with Crippen LogP contribution < -0.4 is 4.90 Å². The van der Waals surface area contributed by atoms with E-state index in [9.17, 15) is 0 Å². The van der Waals surface area contributed by atoms with E-state index in [1.54, 1.807) is 0 Å². The van der Waals surface area contributed by atoms with Crippen molar-refractivity contribution in [1.82, 2.24) is 0 Å². The first-order valence-electron chi connectivity index (χ1n) is 25.6. The number of rotatable bonds is 5. The average molecular weight is 936 g/mol. The van der Waals surface area contributed by atoms with Crippen molar-refractivity contribution < 1.29 is 0 Å². The van der Waals surface area contributed by atoms with Crippen molar-refractivity contribution in [2.24, 2.45) is 0 Å². The molecule has 0 unspecified atom stereocenters. The molecule has 13 rings (SSSR count). The van der Waals surface area contributed by atoms with Crippen LogP contribution in [0.4, 0.5) is 17.1 Å². The molecule has 9 aromatic carbocycles. The van der Waals surface area contributed by atoms with Crippen molar-refractivity contribution in [1.29, 1.82) is 0 Å². The minimum absolute atomic E-state index is 0.00231. The lowest BCUT2D eigenvalue weighted by molar-refractivity contribution is 0.573. The molecule has 1 nitrogen and oxygen atoms in total. The van der Waals surface area contributed by atoms with Crippen LogP contribution in [0, 0.1) is 0 Å². The van der Waals surface area contributed by atoms with Crippen LogP contribution in [0.1, 0.15) is 125 Å². The monoisotopic (exact) mass is 935 g/mol. The lowest BCUT2D eigenvalue weighted by atomic mass is 9.68. The summed E-state index contributed by atoms with van der Waals surface area (Å²) < 4.78 is 2.84. The number of hydrogen-bond acceptors (Lipinski definition) is 2. The first-order valence-corrected chi connectivity index (χ1v) is 26.4. The fourth-order valence-corrected chi connectivity index (χ4v) is 15.0. The molecule has 0 saturated carbocycles. The maximum absolute atomic E-state index is 2.57. The van der Waals surface area contributed by atoms with Crippen molar-refractivity contribution in [2.45, 2.75) is 96.3 Å². The molecule has 1 aromatic heterocycles. The minimum atomic E-state index is -0.478. The van der Waals surface area contributed by atoms with Gasteiger partial charge in [0.25, 0.3) is 0 Å². The summed E-state index contributed by atoms with van der Waals surface area (Å²) in [6, 6.07) is 72.1. The number of fused-ring (bicyclic) bond motifs is 13. The van der Waals surface area contributed by atoms with Crippen molar-refractivity contribution in [3.8, 4) is 33.4 Å². The summed E-state index contributed by atoms with van der Waals surface area (Å²) in [5.74, 6) is 0. The van der Waals surface area contributed by atoms with Crippen molar-refractivity contribution in [3.63, 3.8) is 0 Å². The van der Waals surface area contributed by atoms with Crippen molar-refractivity contribution in [2.75, 3.05) is 4.90 Å². The van der Waals surface area contributed by atoms with Crippen LogP contribution in [0.25, 0.3) is 53.6 Å². The highest BCUT2D eigenvalue weighted by atomic mass is 32.1. The van der Waals surface area contributed by atoms with Gasteiger partial charge in [0.2, 0.25) is 0 Å². The molecule has 0 radical (unpaired) electrons. The molecule has 0 N–H and O–H groups in total. The van der Waals surface area contributed by atoms with E-state index in [0.717, 1.165) is 5.69 Å². The number of benzene rings is 9. The summed E-state index contributed by atoms with van der Waals surface area (Å²) in [5.41, 5.74) is 24.2. The topological polar surface area (TPSA) is 3.24 Å². The molecule has 0 atom stereocenters. The van der Waals surface area contributed by atoms with Gasteiger partial charge in [0.05, 0.1) is 11.1 Å². The van der Waals surface area contributed by atoms with Crippen LogP contribution in [-0.2, 0) is 27.1 Å². The van der Waals surface area contributed by atoms with Gasteiger partial charge < -0.3 is 4.90 Å². The van der Waals surface area contributed by atoms with Gasteiger partial charge in [-0.1, -0.05) is 221 Å². The van der Waals surface area contributed by atoms with E-state index in [4.69, 9.17) is 0 Å². The van der Waals surface area contributed by atoms with Crippen LogP contribution in [0.3, 0.4) is 0 Å². The van der Waals surface area contributed by atoms with Crippen LogP contribution in [-0.4, -0.2) is 0 Å². The fourth-order valence-electron chi connectivity index (χ4n) is 13.3. The van der Waals surface area contributed by atoms with Crippen LogP contribution in [0.15, 0.2) is 188 Å². The third kappa shape index (κ3) is 6.10. The van der Waals surface area contributed by atoms with Crippen LogP contribution >= 0.6 is 11.3 Å². The molecule has 3 aliphatic rings. The minimum Gasteiger partial charge on any atom is -0.310 e. The largest absolute Gasteiger partial charge is 0.310 e. The van der Waals surface area contributed by atoms with E-state index in [1.807, 2.05) is 11.3 Å². The molecule has 0 fully saturated rings. The molecular weight excluding hydrogens is 875 g/mol. The highest BCUT2D eigenvalue weighted by molar-refractivity contribution is 7.26. The predicted molar refractivity (Wildman–Crippen MR) is 304 cm³/mol. The van der Waals surface area contributed by atoms with E-state index < -0.39 is 5.41 Å². The van der Waals surface area contributed by atoms with Crippen molar-refractivity contribution in [3.05, 3.63) is 244 Å². The second-order valence-corrected chi connectivity index (χ2v) is 24.7. The maximum Gasteiger partial charge on any atom is 0.0713 e. The Hall–Kier alpha value is -7.00. The standard InChI is InChI=1S/C69H61NS/c1-65(2,3)44-39-53-51-37-38-52-61-57(68(9,10)62(52)64(51)71-63(53)59(40-44)66(4,5)6)29-20-30-60(61)70(46-35-36-50-47-23-14-17-26-54(47)67(7,8)58(50)41-46)45-33-31-43(32-34-45)69(42-21-12-11-13-22-42)55-27-18-15-24-48(55)49-25-16-19-28-56(49)69/h11-41H,1-10H3. The van der Waals surface area contributed by atoms with Gasteiger partial charge in [-0.2, -0.15) is 0 Å². The molecular formula is C69H61NS.